The molecule has 0 radical (unpaired) electrons. The number of imidazole rings is 1. The van der Waals surface area contributed by atoms with Gasteiger partial charge >= 0.3 is 0 Å². The average molecular weight is 198 g/mol. The standard InChI is InChI=1S/C12H10N2O/c1-8(15)12-9-4-2-3-5-10(9)14-7-13-6-11(12)14/h2-7,12H,1H3. The van der Waals surface area contributed by atoms with Gasteiger partial charge in [0.15, 0.2) is 0 Å². The number of para-hydroxylation sites is 1. The smallest absolute Gasteiger partial charge is 0.143 e. The fourth-order valence-corrected chi connectivity index (χ4v) is 2.26. The second-order valence-electron chi connectivity index (χ2n) is 3.79. The van der Waals surface area contributed by atoms with Crippen LogP contribution in [0.25, 0.3) is 5.69 Å². The van der Waals surface area contributed by atoms with E-state index < -0.39 is 0 Å². The van der Waals surface area contributed by atoms with Crippen LogP contribution in [0.5, 0.6) is 0 Å². The summed E-state index contributed by atoms with van der Waals surface area (Å²) in [6, 6.07) is 7.97. The largest absolute Gasteiger partial charge is 0.302 e. The van der Waals surface area contributed by atoms with Crippen molar-refractivity contribution in [3.05, 3.63) is 48.0 Å². The molecule has 2 heterocycles. The number of Topliss-reactive ketones (excluding diaryl/α,β-unsaturated/α-hetero) is 1. The molecule has 3 rings (SSSR count). The number of rotatable bonds is 1. The Hall–Kier alpha value is -1.90. The normalized spacial score (nSPS) is 17.3. The van der Waals surface area contributed by atoms with Crippen molar-refractivity contribution in [2.24, 2.45) is 0 Å². The third kappa shape index (κ3) is 1.00. The fraction of sp³-hybridized carbons (Fsp3) is 0.167. The molecule has 1 aliphatic heterocycles. The van der Waals surface area contributed by atoms with Crippen LogP contribution >= 0.6 is 0 Å². The lowest BCUT2D eigenvalue weighted by atomic mass is 9.95. The van der Waals surface area contributed by atoms with Gasteiger partial charge < -0.3 is 4.57 Å². The molecule has 3 nitrogen and oxygen atoms in total. The van der Waals surface area contributed by atoms with Gasteiger partial charge in [-0.05, 0) is 18.6 Å². The summed E-state index contributed by atoms with van der Waals surface area (Å²) in [6.07, 6.45) is 3.53. The van der Waals surface area contributed by atoms with Gasteiger partial charge in [0.25, 0.3) is 0 Å². The third-order valence-electron chi connectivity index (χ3n) is 2.88. The van der Waals surface area contributed by atoms with Crippen molar-refractivity contribution < 1.29 is 4.79 Å². The highest BCUT2D eigenvalue weighted by molar-refractivity contribution is 5.89. The topological polar surface area (TPSA) is 34.9 Å². The van der Waals surface area contributed by atoms with Gasteiger partial charge in [-0.2, -0.15) is 0 Å². The van der Waals surface area contributed by atoms with E-state index in [-0.39, 0.29) is 11.7 Å². The van der Waals surface area contributed by atoms with Gasteiger partial charge in [-0.25, -0.2) is 4.98 Å². The highest BCUT2D eigenvalue weighted by atomic mass is 16.1. The van der Waals surface area contributed by atoms with E-state index in [0.717, 1.165) is 16.9 Å². The zero-order valence-electron chi connectivity index (χ0n) is 8.34. The lowest BCUT2D eigenvalue weighted by molar-refractivity contribution is -0.117. The minimum Gasteiger partial charge on any atom is -0.302 e. The molecular formula is C12H10N2O. The third-order valence-corrected chi connectivity index (χ3v) is 2.88. The maximum atomic E-state index is 11.6. The molecule has 0 saturated carbocycles. The SMILES string of the molecule is CC(=O)C1c2ccccc2-n2cncc21. The summed E-state index contributed by atoms with van der Waals surface area (Å²) >= 11 is 0. The van der Waals surface area contributed by atoms with Crippen LogP contribution in [0.15, 0.2) is 36.8 Å². The van der Waals surface area contributed by atoms with Crippen molar-refractivity contribution in [3.63, 3.8) is 0 Å². The van der Waals surface area contributed by atoms with Crippen LogP contribution < -0.4 is 0 Å². The van der Waals surface area contributed by atoms with Crippen LogP contribution in [-0.2, 0) is 4.79 Å². The number of aromatic nitrogens is 2. The van der Waals surface area contributed by atoms with E-state index in [1.165, 1.54) is 0 Å². The first-order valence-electron chi connectivity index (χ1n) is 4.91. The van der Waals surface area contributed by atoms with Gasteiger partial charge in [-0.1, -0.05) is 18.2 Å². The molecule has 1 aromatic heterocycles. The highest BCUT2D eigenvalue weighted by Gasteiger charge is 2.31. The Morgan fingerprint density at radius 2 is 2.20 bits per heavy atom. The molecule has 0 N–H and O–H groups in total. The van der Waals surface area contributed by atoms with Crippen LogP contribution in [0, 0.1) is 0 Å². The number of carbonyl (C=O) groups excluding carboxylic acids is 1. The molecule has 0 aliphatic carbocycles. The lowest BCUT2D eigenvalue weighted by Gasteiger charge is -2.05. The molecule has 0 amide bonds. The Morgan fingerprint density at radius 3 is 3.00 bits per heavy atom. The molecule has 74 valence electrons. The van der Waals surface area contributed by atoms with Gasteiger partial charge in [0.1, 0.15) is 5.78 Å². The molecule has 1 aliphatic rings. The van der Waals surface area contributed by atoms with E-state index in [2.05, 4.69) is 4.98 Å². The predicted octanol–water partition coefficient (Wildman–Crippen LogP) is 1.91. The van der Waals surface area contributed by atoms with Gasteiger partial charge in [-0.3, -0.25) is 4.79 Å². The Morgan fingerprint density at radius 1 is 1.40 bits per heavy atom. The first-order chi connectivity index (χ1) is 7.29. The molecule has 15 heavy (non-hydrogen) atoms. The summed E-state index contributed by atoms with van der Waals surface area (Å²) in [5.74, 6) is 0.0328. The number of fused-ring (bicyclic) bond motifs is 3. The molecule has 1 unspecified atom stereocenters. The minimum atomic E-state index is -0.135. The number of nitrogens with zero attached hydrogens (tertiary/aromatic N) is 2. The van der Waals surface area contributed by atoms with Gasteiger partial charge in [0.2, 0.25) is 0 Å². The van der Waals surface area contributed by atoms with E-state index in [4.69, 9.17) is 0 Å². The zero-order chi connectivity index (χ0) is 10.4. The fourth-order valence-electron chi connectivity index (χ4n) is 2.26. The van der Waals surface area contributed by atoms with E-state index in [1.807, 2.05) is 28.8 Å². The second kappa shape index (κ2) is 2.79. The lowest BCUT2D eigenvalue weighted by Crippen LogP contribution is -2.06. The maximum absolute atomic E-state index is 11.6. The zero-order valence-corrected chi connectivity index (χ0v) is 8.34. The Labute approximate surface area is 87.4 Å². The van der Waals surface area contributed by atoms with Crippen LogP contribution in [-0.4, -0.2) is 15.3 Å². The summed E-state index contributed by atoms with van der Waals surface area (Å²) < 4.78 is 1.99. The first kappa shape index (κ1) is 8.41. The number of carbonyl (C=O) groups is 1. The molecule has 2 aromatic rings. The molecule has 3 heteroatoms. The number of hydrogen-bond donors (Lipinski definition) is 0. The van der Waals surface area contributed by atoms with E-state index in [9.17, 15) is 4.79 Å². The van der Waals surface area contributed by atoms with Gasteiger partial charge in [-0.15, -0.1) is 0 Å². The van der Waals surface area contributed by atoms with Gasteiger partial charge in [0.05, 0.1) is 23.6 Å². The summed E-state index contributed by atoms with van der Waals surface area (Å²) in [6.45, 7) is 1.63. The molecule has 1 aromatic carbocycles. The summed E-state index contributed by atoms with van der Waals surface area (Å²) in [5.41, 5.74) is 3.14. The van der Waals surface area contributed by atoms with Crippen molar-refractivity contribution in [3.8, 4) is 5.69 Å². The van der Waals surface area contributed by atoms with Gasteiger partial charge in [0, 0.05) is 6.20 Å². The molecule has 0 saturated heterocycles. The molecular weight excluding hydrogens is 188 g/mol. The van der Waals surface area contributed by atoms with Crippen molar-refractivity contribution >= 4 is 5.78 Å². The summed E-state index contributed by atoms with van der Waals surface area (Å²) in [4.78, 5) is 15.7. The second-order valence-corrected chi connectivity index (χ2v) is 3.79. The average Bonchev–Trinajstić information content (AvgIpc) is 2.75. The maximum Gasteiger partial charge on any atom is 0.143 e. The number of hydrogen-bond acceptors (Lipinski definition) is 2. The first-order valence-corrected chi connectivity index (χ1v) is 4.91. The number of benzene rings is 1. The predicted molar refractivity (Wildman–Crippen MR) is 56.1 cm³/mol. The van der Waals surface area contributed by atoms with Crippen molar-refractivity contribution in [2.75, 3.05) is 0 Å². The molecule has 0 spiro atoms. The minimum absolute atomic E-state index is 0.135. The summed E-state index contributed by atoms with van der Waals surface area (Å²) in [5, 5.41) is 0. The van der Waals surface area contributed by atoms with Crippen LogP contribution in [0.1, 0.15) is 24.1 Å². The van der Waals surface area contributed by atoms with Crippen molar-refractivity contribution in [2.45, 2.75) is 12.8 Å². The summed E-state index contributed by atoms with van der Waals surface area (Å²) in [7, 11) is 0. The molecule has 1 atom stereocenters. The highest BCUT2D eigenvalue weighted by Crippen LogP contribution is 2.37. The molecule has 0 bridgehead atoms. The van der Waals surface area contributed by atoms with E-state index in [1.54, 1.807) is 19.4 Å². The monoisotopic (exact) mass is 198 g/mol. The van der Waals surface area contributed by atoms with Crippen LogP contribution in [0.3, 0.4) is 0 Å². The van der Waals surface area contributed by atoms with Crippen LogP contribution in [0.4, 0.5) is 0 Å². The molecule has 0 fully saturated rings. The quantitative estimate of drug-likeness (QED) is 0.701. The Balaban J connectivity index is 2.33. The Bertz CT molecular complexity index is 542. The number of ketones is 1. The van der Waals surface area contributed by atoms with Crippen LogP contribution in [0.2, 0.25) is 0 Å². The van der Waals surface area contributed by atoms with E-state index >= 15 is 0 Å². The van der Waals surface area contributed by atoms with Crippen molar-refractivity contribution in [1.29, 1.82) is 0 Å². The Kier molecular flexibility index (Phi) is 1.57. The van der Waals surface area contributed by atoms with Crippen molar-refractivity contribution in [1.82, 2.24) is 9.55 Å². The van der Waals surface area contributed by atoms with E-state index in [0.29, 0.717) is 0 Å².